The molecule has 0 aliphatic heterocycles. The van der Waals surface area contributed by atoms with Crippen molar-refractivity contribution < 1.29 is 24.2 Å². The molecule has 0 aliphatic carbocycles. The van der Waals surface area contributed by atoms with E-state index in [1.807, 2.05) is 0 Å². The number of rotatable bonds is 45. The van der Waals surface area contributed by atoms with E-state index in [0.717, 1.165) is 38.0 Å². The zero-order valence-corrected chi connectivity index (χ0v) is 36.9. The first-order chi connectivity index (χ1) is 26.5. The van der Waals surface area contributed by atoms with E-state index in [1.54, 1.807) is 0 Å². The summed E-state index contributed by atoms with van der Waals surface area (Å²) in [5.74, 6) is 0.296. The Hall–Kier alpha value is -1.10. The average Bonchev–Trinajstić information content (AvgIpc) is 3.16. The van der Waals surface area contributed by atoms with E-state index in [4.69, 9.17) is 9.47 Å². The van der Waals surface area contributed by atoms with Crippen molar-refractivity contribution in [3.63, 3.8) is 0 Å². The first kappa shape index (κ1) is 52.9. The van der Waals surface area contributed by atoms with Crippen molar-refractivity contribution in [2.24, 2.45) is 5.92 Å². The van der Waals surface area contributed by atoms with Crippen LogP contribution in [-0.2, 0) is 19.1 Å². The summed E-state index contributed by atoms with van der Waals surface area (Å²) in [7, 11) is 0. The van der Waals surface area contributed by atoms with E-state index in [9.17, 15) is 14.7 Å². The lowest BCUT2D eigenvalue weighted by molar-refractivity contribution is -0.161. The van der Waals surface area contributed by atoms with Gasteiger partial charge in [-0.2, -0.15) is 0 Å². The van der Waals surface area contributed by atoms with Crippen molar-refractivity contribution in [1.29, 1.82) is 0 Å². The van der Waals surface area contributed by atoms with Gasteiger partial charge >= 0.3 is 11.9 Å². The second-order valence-corrected chi connectivity index (χ2v) is 17.4. The van der Waals surface area contributed by atoms with E-state index in [-0.39, 0.29) is 25.2 Å². The second kappa shape index (κ2) is 44.6. The third kappa shape index (κ3) is 43.6. The van der Waals surface area contributed by atoms with Gasteiger partial charge in [-0.15, -0.1) is 0 Å². The molecule has 0 rings (SSSR count). The zero-order valence-electron chi connectivity index (χ0n) is 36.9. The maximum atomic E-state index is 12.2. The largest absolute Gasteiger partial charge is 0.462 e. The maximum absolute atomic E-state index is 12.2. The molecule has 0 heterocycles. The minimum absolute atomic E-state index is 0.0566. The number of carbonyl (C=O) groups excluding carboxylic acids is 2. The molecule has 0 bridgehead atoms. The Kier molecular flexibility index (Phi) is 43.7. The van der Waals surface area contributed by atoms with Crippen LogP contribution in [0.1, 0.15) is 278 Å². The molecule has 0 saturated carbocycles. The van der Waals surface area contributed by atoms with E-state index >= 15 is 0 Å². The molecule has 54 heavy (non-hydrogen) atoms. The smallest absolute Gasteiger partial charge is 0.306 e. The van der Waals surface area contributed by atoms with Gasteiger partial charge < -0.3 is 14.6 Å². The van der Waals surface area contributed by atoms with Crippen molar-refractivity contribution in [1.82, 2.24) is 0 Å². The number of hydrogen-bond donors (Lipinski definition) is 1. The zero-order chi connectivity index (χ0) is 39.4. The van der Waals surface area contributed by atoms with Crippen molar-refractivity contribution in [3.05, 3.63) is 0 Å². The predicted molar refractivity (Wildman–Crippen MR) is 233 cm³/mol. The summed E-state index contributed by atoms with van der Waals surface area (Å²) in [4.78, 5) is 24.4. The molecule has 1 atom stereocenters. The molecule has 0 aromatic heterocycles. The van der Waals surface area contributed by atoms with E-state index in [0.29, 0.717) is 12.8 Å². The Morgan fingerprint density at radius 2 is 0.685 bits per heavy atom. The molecule has 0 aliphatic rings. The van der Waals surface area contributed by atoms with E-state index in [1.165, 1.54) is 212 Å². The van der Waals surface area contributed by atoms with Gasteiger partial charge in [0.05, 0.1) is 6.61 Å². The fourth-order valence-electron chi connectivity index (χ4n) is 7.62. The summed E-state index contributed by atoms with van der Waals surface area (Å²) in [6.07, 6.45) is 50.4. The molecule has 0 fully saturated rings. The van der Waals surface area contributed by atoms with Crippen LogP contribution in [0, 0.1) is 5.92 Å². The number of ether oxygens (including phenoxy) is 2. The highest BCUT2D eigenvalue weighted by atomic mass is 16.6. The van der Waals surface area contributed by atoms with Gasteiger partial charge in [0.1, 0.15) is 6.61 Å². The molecule has 5 nitrogen and oxygen atoms in total. The quantitative estimate of drug-likeness (QED) is 0.0494. The maximum Gasteiger partial charge on any atom is 0.306 e. The summed E-state index contributed by atoms with van der Waals surface area (Å²) < 4.78 is 10.7. The van der Waals surface area contributed by atoms with Gasteiger partial charge in [-0.1, -0.05) is 252 Å². The summed E-state index contributed by atoms with van der Waals surface area (Å²) in [5, 5.41) is 9.61. The molecule has 0 aromatic rings. The van der Waals surface area contributed by atoms with E-state index in [2.05, 4.69) is 20.8 Å². The first-order valence-electron chi connectivity index (χ1n) is 24.5. The van der Waals surface area contributed by atoms with Crippen LogP contribution in [0.2, 0.25) is 0 Å². The van der Waals surface area contributed by atoms with Gasteiger partial charge in [-0.3, -0.25) is 9.59 Å². The molecule has 0 saturated heterocycles. The summed E-state index contributed by atoms with van der Waals surface area (Å²) in [5.41, 5.74) is 0. The lowest BCUT2D eigenvalue weighted by Gasteiger charge is -2.15. The molecular formula is C49H96O5. The fraction of sp³-hybridized carbons (Fsp3) is 0.959. The highest BCUT2D eigenvalue weighted by Gasteiger charge is 2.16. The minimum Gasteiger partial charge on any atom is -0.462 e. The summed E-state index contributed by atoms with van der Waals surface area (Å²) in [6, 6.07) is 0. The van der Waals surface area contributed by atoms with Crippen molar-refractivity contribution in [3.8, 4) is 0 Å². The third-order valence-electron chi connectivity index (χ3n) is 11.3. The van der Waals surface area contributed by atoms with Gasteiger partial charge in [-0.25, -0.2) is 0 Å². The number of aliphatic hydroxyl groups is 1. The van der Waals surface area contributed by atoms with Crippen LogP contribution in [-0.4, -0.2) is 36.4 Å². The highest BCUT2D eigenvalue weighted by Crippen LogP contribution is 2.17. The van der Waals surface area contributed by atoms with Crippen LogP contribution in [0.25, 0.3) is 0 Å². The highest BCUT2D eigenvalue weighted by molar-refractivity contribution is 5.70. The van der Waals surface area contributed by atoms with Crippen molar-refractivity contribution >= 4 is 11.9 Å². The average molecular weight is 765 g/mol. The number of esters is 2. The van der Waals surface area contributed by atoms with Crippen molar-refractivity contribution in [2.75, 3.05) is 13.2 Å². The van der Waals surface area contributed by atoms with Gasteiger partial charge in [0, 0.05) is 12.8 Å². The lowest BCUT2D eigenvalue weighted by atomic mass is 10.0. The molecule has 0 unspecified atom stereocenters. The van der Waals surface area contributed by atoms with Gasteiger partial charge in [-0.05, 0) is 18.8 Å². The topological polar surface area (TPSA) is 72.8 Å². The Bertz CT molecular complexity index is 752. The molecule has 0 amide bonds. The molecule has 5 heteroatoms. The predicted octanol–water partition coefficient (Wildman–Crippen LogP) is 15.7. The second-order valence-electron chi connectivity index (χ2n) is 17.4. The van der Waals surface area contributed by atoms with Gasteiger partial charge in [0.2, 0.25) is 0 Å². The van der Waals surface area contributed by atoms with Gasteiger partial charge in [0.15, 0.2) is 6.10 Å². The Labute approximate surface area is 338 Å². The SMILES string of the molecule is CCCCCCCCCCCCCCCCCCCCCC(=O)O[C@@H](CO)COC(=O)CCCCCCCCCCCCCCCCCCCCC(C)C. The lowest BCUT2D eigenvalue weighted by Crippen LogP contribution is -2.28. The Morgan fingerprint density at radius 3 is 0.981 bits per heavy atom. The molecule has 322 valence electrons. The van der Waals surface area contributed by atoms with E-state index < -0.39 is 6.10 Å². The monoisotopic (exact) mass is 765 g/mol. The number of carbonyl (C=O) groups is 2. The van der Waals surface area contributed by atoms with Crippen molar-refractivity contribution in [2.45, 2.75) is 284 Å². The van der Waals surface area contributed by atoms with Crippen LogP contribution < -0.4 is 0 Å². The molecule has 1 N–H and O–H groups in total. The number of aliphatic hydroxyl groups excluding tert-OH is 1. The van der Waals surface area contributed by atoms with Crippen LogP contribution in [0.15, 0.2) is 0 Å². The standard InChI is InChI=1S/C49H96O5/c1-4-5-6-7-8-9-10-11-12-13-14-19-22-25-28-31-34-37-40-43-49(52)54-47(44-50)45-53-48(51)42-39-36-33-30-27-24-21-18-16-15-17-20-23-26-29-32-35-38-41-46(2)3/h46-47,50H,4-45H2,1-3H3/t47-/m0/s1. The normalized spacial score (nSPS) is 12.1. The molecular weight excluding hydrogens is 669 g/mol. The molecule has 0 radical (unpaired) electrons. The van der Waals surface area contributed by atoms with Crippen LogP contribution in [0.5, 0.6) is 0 Å². The number of unbranched alkanes of at least 4 members (excludes halogenated alkanes) is 35. The van der Waals surface area contributed by atoms with Crippen LogP contribution in [0.4, 0.5) is 0 Å². The minimum atomic E-state index is -0.763. The van der Waals surface area contributed by atoms with Crippen LogP contribution >= 0.6 is 0 Å². The Morgan fingerprint density at radius 1 is 0.407 bits per heavy atom. The molecule has 0 aromatic carbocycles. The summed E-state index contributed by atoms with van der Waals surface area (Å²) in [6.45, 7) is 6.56. The number of hydrogen-bond acceptors (Lipinski definition) is 5. The fourth-order valence-corrected chi connectivity index (χ4v) is 7.62. The molecule has 0 spiro atoms. The van der Waals surface area contributed by atoms with Gasteiger partial charge in [0.25, 0.3) is 0 Å². The third-order valence-corrected chi connectivity index (χ3v) is 11.3. The Balaban J connectivity index is 3.43. The summed E-state index contributed by atoms with van der Waals surface area (Å²) >= 11 is 0. The van der Waals surface area contributed by atoms with Crippen LogP contribution in [0.3, 0.4) is 0 Å². The first-order valence-corrected chi connectivity index (χ1v) is 24.5.